The lowest BCUT2D eigenvalue weighted by molar-refractivity contribution is -0.111. The summed E-state index contributed by atoms with van der Waals surface area (Å²) in [5.74, 6) is -0.0445. The average molecular weight is 397 g/mol. The standard InChI is InChI=1S/C17H15BrF2N2O2/c1-22(2)8-13(7-21)17(23)12-3-10-5-14(18)15(6-11(10)4-12)24-9-16(19)20/h4-6,8,16H,3,9H2,1-2H3. The molecule has 1 aromatic carbocycles. The molecule has 0 bridgehead atoms. The van der Waals surface area contributed by atoms with Gasteiger partial charge in [-0.25, -0.2) is 8.78 Å². The predicted octanol–water partition coefficient (Wildman–Crippen LogP) is 3.57. The van der Waals surface area contributed by atoms with Gasteiger partial charge in [0.1, 0.15) is 24.0 Å². The van der Waals surface area contributed by atoms with E-state index in [1.165, 1.54) is 6.20 Å². The molecule has 7 heteroatoms. The largest absolute Gasteiger partial charge is 0.486 e. The Bertz CT molecular complexity index is 765. The molecule has 1 aliphatic rings. The number of Topliss-reactive ketones (excluding diaryl/α,β-unsaturated/α-hetero) is 1. The third-order valence-electron chi connectivity index (χ3n) is 3.31. The van der Waals surface area contributed by atoms with Crippen molar-refractivity contribution in [2.24, 2.45) is 0 Å². The summed E-state index contributed by atoms with van der Waals surface area (Å²) in [5, 5.41) is 9.14. The maximum Gasteiger partial charge on any atom is 0.272 e. The Morgan fingerprint density at radius 2 is 2.21 bits per heavy atom. The molecule has 0 saturated heterocycles. The van der Waals surface area contributed by atoms with E-state index in [4.69, 9.17) is 10.00 Å². The number of halogens is 3. The monoisotopic (exact) mass is 396 g/mol. The fraction of sp³-hybridized carbons (Fsp3) is 0.294. The summed E-state index contributed by atoms with van der Waals surface area (Å²) >= 11 is 3.28. The topological polar surface area (TPSA) is 53.3 Å². The van der Waals surface area contributed by atoms with Crippen molar-refractivity contribution in [3.05, 3.63) is 45.1 Å². The first kappa shape index (κ1) is 18.1. The summed E-state index contributed by atoms with van der Waals surface area (Å²) in [7, 11) is 3.46. The molecule has 0 unspecified atom stereocenters. The molecule has 0 aromatic heterocycles. The van der Waals surface area contributed by atoms with Crippen LogP contribution in [0.15, 0.2) is 34.0 Å². The highest BCUT2D eigenvalue weighted by Gasteiger charge is 2.23. The van der Waals surface area contributed by atoms with Crippen LogP contribution in [0, 0.1) is 11.3 Å². The number of hydrogen-bond donors (Lipinski definition) is 0. The van der Waals surface area contributed by atoms with E-state index in [0.717, 1.165) is 11.1 Å². The molecule has 0 spiro atoms. The van der Waals surface area contributed by atoms with Gasteiger partial charge in [-0.1, -0.05) is 0 Å². The van der Waals surface area contributed by atoms with Crippen LogP contribution in [-0.4, -0.2) is 37.8 Å². The lowest BCUT2D eigenvalue weighted by Gasteiger charge is -2.09. The van der Waals surface area contributed by atoms with Crippen molar-refractivity contribution in [1.29, 1.82) is 5.26 Å². The highest BCUT2D eigenvalue weighted by Crippen LogP contribution is 2.35. The molecule has 126 valence electrons. The van der Waals surface area contributed by atoms with Gasteiger partial charge >= 0.3 is 0 Å². The van der Waals surface area contributed by atoms with Gasteiger partial charge in [-0.05, 0) is 45.3 Å². The van der Waals surface area contributed by atoms with Crippen LogP contribution in [0.1, 0.15) is 11.1 Å². The Balaban J connectivity index is 2.26. The summed E-state index contributed by atoms with van der Waals surface area (Å²) < 4.78 is 30.2. The average Bonchev–Trinajstić information content (AvgIpc) is 2.91. The number of allylic oxidation sites excluding steroid dienone is 2. The number of nitriles is 1. The zero-order valence-electron chi connectivity index (χ0n) is 13.1. The van der Waals surface area contributed by atoms with Crippen LogP contribution in [0.4, 0.5) is 8.78 Å². The van der Waals surface area contributed by atoms with Gasteiger partial charge in [0, 0.05) is 32.3 Å². The molecular formula is C17H15BrF2N2O2. The van der Waals surface area contributed by atoms with Crippen LogP contribution in [-0.2, 0) is 11.2 Å². The van der Waals surface area contributed by atoms with E-state index in [1.54, 1.807) is 37.2 Å². The number of ether oxygens (including phenoxy) is 1. The SMILES string of the molecule is CN(C)C=C(C#N)C(=O)C1=Cc2cc(OCC(F)F)c(Br)cc2C1. The molecule has 0 amide bonds. The van der Waals surface area contributed by atoms with Gasteiger partial charge < -0.3 is 9.64 Å². The lowest BCUT2D eigenvalue weighted by atomic mass is 10.0. The molecule has 0 radical (unpaired) electrons. The summed E-state index contributed by atoms with van der Waals surface area (Å²) in [6.07, 6.45) is 0.959. The van der Waals surface area contributed by atoms with Crippen LogP contribution >= 0.6 is 15.9 Å². The Morgan fingerprint density at radius 1 is 1.50 bits per heavy atom. The Hall–Kier alpha value is -2.20. The van der Waals surface area contributed by atoms with Crippen LogP contribution < -0.4 is 4.74 Å². The van der Waals surface area contributed by atoms with E-state index in [9.17, 15) is 13.6 Å². The minimum atomic E-state index is -2.56. The van der Waals surface area contributed by atoms with Crippen molar-refractivity contribution in [1.82, 2.24) is 4.90 Å². The molecule has 2 rings (SSSR count). The van der Waals surface area contributed by atoms with Gasteiger partial charge in [0.25, 0.3) is 6.43 Å². The summed E-state index contributed by atoms with van der Waals surface area (Å²) in [4.78, 5) is 14.1. The maximum atomic E-state index is 12.4. The first-order valence-corrected chi connectivity index (χ1v) is 7.88. The van der Waals surface area contributed by atoms with Gasteiger partial charge in [0.2, 0.25) is 5.78 Å². The number of carbonyl (C=O) groups is 1. The first-order chi connectivity index (χ1) is 11.3. The van der Waals surface area contributed by atoms with E-state index in [-0.39, 0.29) is 11.4 Å². The quantitative estimate of drug-likeness (QED) is 0.544. The number of benzene rings is 1. The van der Waals surface area contributed by atoms with Gasteiger partial charge in [-0.15, -0.1) is 0 Å². The molecular weight excluding hydrogens is 382 g/mol. The molecule has 24 heavy (non-hydrogen) atoms. The second-order valence-electron chi connectivity index (χ2n) is 5.48. The third kappa shape index (κ3) is 4.20. The van der Waals surface area contributed by atoms with Crippen LogP contribution in [0.3, 0.4) is 0 Å². The number of carbonyl (C=O) groups excluding carboxylic acids is 1. The van der Waals surface area contributed by atoms with Crippen molar-refractivity contribution in [2.45, 2.75) is 12.8 Å². The van der Waals surface area contributed by atoms with E-state index in [2.05, 4.69) is 15.9 Å². The second-order valence-corrected chi connectivity index (χ2v) is 6.33. The van der Waals surface area contributed by atoms with Crippen molar-refractivity contribution >= 4 is 27.8 Å². The summed E-state index contributed by atoms with van der Waals surface area (Å²) in [5.41, 5.74) is 2.13. The highest BCUT2D eigenvalue weighted by atomic mass is 79.9. The van der Waals surface area contributed by atoms with Crippen LogP contribution in [0.5, 0.6) is 5.75 Å². The maximum absolute atomic E-state index is 12.4. The number of nitrogens with zero attached hydrogens (tertiary/aromatic N) is 2. The van der Waals surface area contributed by atoms with Crippen molar-refractivity contribution in [3.8, 4) is 11.8 Å². The Labute approximate surface area is 147 Å². The predicted molar refractivity (Wildman–Crippen MR) is 89.7 cm³/mol. The Kier molecular flexibility index (Phi) is 5.73. The molecule has 0 aliphatic heterocycles. The molecule has 0 saturated carbocycles. The van der Waals surface area contributed by atoms with Crippen molar-refractivity contribution in [3.63, 3.8) is 0 Å². The zero-order valence-corrected chi connectivity index (χ0v) is 14.7. The number of hydrogen-bond acceptors (Lipinski definition) is 4. The molecule has 4 nitrogen and oxygen atoms in total. The summed E-state index contributed by atoms with van der Waals surface area (Å²) in [6, 6.07) is 5.26. The minimum Gasteiger partial charge on any atom is -0.486 e. The van der Waals surface area contributed by atoms with Gasteiger partial charge in [-0.3, -0.25) is 4.79 Å². The molecule has 0 fully saturated rings. The van der Waals surface area contributed by atoms with Crippen LogP contribution in [0.25, 0.3) is 6.08 Å². The highest BCUT2D eigenvalue weighted by molar-refractivity contribution is 9.10. The summed E-state index contributed by atoms with van der Waals surface area (Å²) in [6.45, 7) is -0.697. The van der Waals surface area contributed by atoms with Gasteiger partial charge in [0.15, 0.2) is 0 Å². The molecule has 0 N–H and O–H groups in total. The Morgan fingerprint density at radius 3 is 2.79 bits per heavy atom. The molecule has 0 atom stereocenters. The lowest BCUT2D eigenvalue weighted by Crippen LogP contribution is -2.10. The van der Waals surface area contributed by atoms with E-state index >= 15 is 0 Å². The first-order valence-electron chi connectivity index (χ1n) is 7.08. The number of alkyl halides is 2. The number of ketones is 1. The van der Waals surface area contributed by atoms with Crippen molar-refractivity contribution in [2.75, 3.05) is 20.7 Å². The zero-order chi connectivity index (χ0) is 17.9. The van der Waals surface area contributed by atoms with Crippen LogP contribution in [0.2, 0.25) is 0 Å². The smallest absolute Gasteiger partial charge is 0.272 e. The normalized spacial score (nSPS) is 13.4. The molecule has 1 aliphatic carbocycles. The van der Waals surface area contributed by atoms with Gasteiger partial charge in [0.05, 0.1) is 4.47 Å². The fourth-order valence-corrected chi connectivity index (χ4v) is 2.83. The number of rotatable bonds is 6. The van der Waals surface area contributed by atoms with Crippen molar-refractivity contribution < 1.29 is 18.3 Å². The number of fused-ring (bicyclic) bond motifs is 1. The van der Waals surface area contributed by atoms with E-state index in [0.29, 0.717) is 22.2 Å². The molecule has 1 aromatic rings. The van der Waals surface area contributed by atoms with E-state index in [1.807, 2.05) is 6.07 Å². The van der Waals surface area contributed by atoms with Gasteiger partial charge in [-0.2, -0.15) is 5.26 Å². The minimum absolute atomic E-state index is 0.0484. The molecule has 0 heterocycles. The second kappa shape index (κ2) is 7.58. The third-order valence-corrected chi connectivity index (χ3v) is 3.93. The fourth-order valence-electron chi connectivity index (χ4n) is 2.32. The van der Waals surface area contributed by atoms with E-state index < -0.39 is 13.0 Å².